The minimum atomic E-state index is -0.214. The number of benzene rings is 2. The molecule has 1 amide bonds. The maximum absolute atomic E-state index is 12.1. The zero-order chi connectivity index (χ0) is 17.7. The molecule has 0 aliphatic heterocycles. The first-order chi connectivity index (χ1) is 11.4. The molecular weight excluding hydrogens is 530 g/mol. The minimum absolute atomic E-state index is 0.125. The van der Waals surface area contributed by atoms with Crippen LogP contribution in [0.2, 0.25) is 0 Å². The van der Waals surface area contributed by atoms with Gasteiger partial charge >= 0.3 is 0 Å². The second-order valence-electron chi connectivity index (χ2n) is 5.49. The van der Waals surface area contributed by atoms with Gasteiger partial charge in [-0.2, -0.15) is 5.10 Å². The van der Waals surface area contributed by atoms with Crippen molar-refractivity contribution in [3.63, 3.8) is 0 Å². The fourth-order valence-electron chi connectivity index (χ4n) is 2.06. The summed E-state index contributed by atoms with van der Waals surface area (Å²) in [6.45, 7) is 5.90. The molecule has 126 valence electrons. The molecule has 1 N–H and O–H groups in total. The quantitative estimate of drug-likeness (QED) is 0.333. The lowest BCUT2D eigenvalue weighted by molar-refractivity contribution is 0.0954. The Morgan fingerprint density at radius 1 is 1.21 bits per heavy atom. The Labute approximate surface area is 169 Å². The van der Waals surface area contributed by atoms with Gasteiger partial charge in [0.2, 0.25) is 0 Å². The van der Waals surface area contributed by atoms with E-state index in [4.69, 9.17) is 4.74 Å². The van der Waals surface area contributed by atoms with Crippen molar-refractivity contribution in [3.8, 4) is 5.75 Å². The fraction of sp³-hybridized carbons (Fsp3) is 0.222. The van der Waals surface area contributed by atoms with E-state index in [9.17, 15) is 4.79 Å². The molecule has 2 rings (SSSR count). The molecule has 0 aromatic heterocycles. The first kappa shape index (κ1) is 19.2. The number of hydrazone groups is 1. The summed E-state index contributed by atoms with van der Waals surface area (Å²) in [6.07, 6.45) is 1.76. The van der Waals surface area contributed by atoms with E-state index in [0.29, 0.717) is 5.56 Å². The van der Waals surface area contributed by atoms with E-state index in [0.717, 1.165) is 24.0 Å². The van der Waals surface area contributed by atoms with Crippen LogP contribution in [0.15, 0.2) is 41.5 Å². The topological polar surface area (TPSA) is 50.7 Å². The van der Waals surface area contributed by atoms with Gasteiger partial charge in [-0.1, -0.05) is 18.2 Å². The molecule has 4 nitrogen and oxygen atoms in total. The van der Waals surface area contributed by atoms with Crippen molar-refractivity contribution >= 4 is 57.3 Å². The SMILES string of the molecule is Cc1ccccc1C(=O)N/N=C/c1cc(I)c(OC(C)C)c(I)c1. The van der Waals surface area contributed by atoms with Crippen molar-refractivity contribution in [2.75, 3.05) is 0 Å². The highest BCUT2D eigenvalue weighted by Crippen LogP contribution is 2.29. The van der Waals surface area contributed by atoms with E-state index in [-0.39, 0.29) is 12.0 Å². The molecule has 6 heteroatoms. The van der Waals surface area contributed by atoms with Gasteiger partial charge in [0.05, 0.1) is 19.5 Å². The van der Waals surface area contributed by atoms with Crippen LogP contribution in [0.25, 0.3) is 0 Å². The number of nitrogens with zero attached hydrogens (tertiary/aromatic N) is 1. The van der Waals surface area contributed by atoms with Gasteiger partial charge in [0.15, 0.2) is 0 Å². The molecule has 0 radical (unpaired) electrons. The third kappa shape index (κ3) is 5.17. The third-order valence-corrected chi connectivity index (χ3v) is 4.75. The van der Waals surface area contributed by atoms with Crippen LogP contribution in [0.1, 0.15) is 35.3 Å². The van der Waals surface area contributed by atoms with E-state index in [1.54, 1.807) is 12.3 Å². The Hall–Kier alpha value is -1.16. The minimum Gasteiger partial charge on any atom is -0.489 e. The van der Waals surface area contributed by atoms with E-state index in [2.05, 4.69) is 55.7 Å². The molecule has 2 aromatic carbocycles. The van der Waals surface area contributed by atoms with Gasteiger partial charge < -0.3 is 4.74 Å². The Morgan fingerprint density at radius 3 is 2.42 bits per heavy atom. The number of hydrogen-bond acceptors (Lipinski definition) is 3. The first-order valence-corrected chi connectivity index (χ1v) is 9.59. The lowest BCUT2D eigenvalue weighted by atomic mass is 10.1. The van der Waals surface area contributed by atoms with Gasteiger partial charge in [-0.25, -0.2) is 5.43 Å². The van der Waals surface area contributed by atoms with Crippen molar-refractivity contribution in [3.05, 3.63) is 60.2 Å². The Bertz CT molecular complexity index is 750. The van der Waals surface area contributed by atoms with Crippen LogP contribution in [-0.4, -0.2) is 18.2 Å². The van der Waals surface area contributed by atoms with Crippen molar-refractivity contribution in [2.24, 2.45) is 5.10 Å². The molecule has 0 unspecified atom stereocenters. The molecule has 0 spiro atoms. The summed E-state index contributed by atoms with van der Waals surface area (Å²) >= 11 is 4.49. The zero-order valence-electron chi connectivity index (χ0n) is 13.6. The van der Waals surface area contributed by atoms with E-state index < -0.39 is 0 Å². The van der Waals surface area contributed by atoms with Crippen LogP contribution in [0.3, 0.4) is 0 Å². The van der Waals surface area contributed by atoms with Crippen molar-refractivity contribution in [1.29, 1.82) is 0 Å². The smallest absolute Gasteiger partial charge is 0.271 e. The van der Waals surface area contributed by atoms with Crippen molar-refractivity contribution < 1.29 is 9.53 Å². The predicted molar refractivity (Wildman–Crippen MR) is 114 cm³/mol. The highest BCUT2D eigenvalue weighted by atomic mass is 127. The van der Waals surface area contributed by atoms with Crippen LogP contribution in [0.5, 0.6) is 5.75 Å². The molecule has 0 saturated carbocycles. The molecule has 0 atom stereocenters. The van der Waals surface area contributed by atoms with Gasteiger partial charge in [-0.3, -0.25) is 4.79 Å². The van der Waals surface area contributed by atoms with Crippen LogP contribution in [0, 0.1) is 14.1 Å². The molecular formula is C18H18I2N2O2. The number of ether oxygens (including phenoxy) is 1. The van der Waals surface area contributed by atoms with Crippen LogP contribution < -0.4 is 10.2 Å². The number of carbonyl (C=O) groups excluding carboxylic acids is 1. The van der Waals surface area contributed by atoms with Gasteiger partial charge in [0, 0.05) is 5.56 Å². The van der Waals surface area contributed by atoms with Gasteiger partial charge in [-0.15, -0.1) is 0 Å². The van der Waals surface area contributed by atoms with E-state index in [1.807, 2.05) is 51.1 Å². The summed E-state index contributed by atoms with van der Waals surface area (Å²) in [5.74, 6) is 0.667. The van der Waals surface area contributed by atoms with Crippen molar-refractivity contribution in [2.45, 2.75) is 26.9 Å². The third-order valence-electron chi connectivity index (χ3n) is 3.14. The standard InChI is InChI=1S/C18H18I2N2O2/c1-11(2)24-17-15(19)8-13(9-16(17)20)10-21-22-18(23)14-7-5-4-6-12(14)3/h4-11H,1-3H3,(H,22,23)/b21-10+. The lowest BCUT2D eigenvalue weighted by Gasteiger charge is -2.14. The summed E-state index contributed by atoms with van der Waals surface area (Å²) in [7, 11) is 0. The maximum atomic E-state index is 12.1. The number of amides is 1. The maximum Gasteiger partial charge on any atom is 0.271 e. The first-order valence-electron chi connectivity index (χ1n) is 7.43. The van der Waals surface area contributed by atoms with Crippen LogP contribution >= 0.6 is 45.2 Å². The molecule has 0 aliphatic rings. The number of aryl methyl sites for hydroxylation is 1. The van der Waals surface area contributed by atoms with Gasteiger partial charge in [0.1, 0.15) is 5.75 Å². The number of carbonyl (C=O) groups is 1. The molecule has 2 aromatic rings. The average Bonchev–Trinajstić information content (AvgIpc) is 2.51. The normalized spacial score (nSPS) is 11.1. The Balaban J connectivity index is 2.10. The van der Waals surface area contributed by atoms with E-state index >= 15 is 0 Å². The predicted octanol–water partition coefficient (Wildman–Crippen LogP) is 4.76. The second-order valence-corrected chi connectivity index (χ2v) is 7.82. The number of nitrogens with one attached hydrogen (secondary N) is 1. The molecule has 0 saturated heterocycles. The average molecular weight is 548 g/mol. The number of halogens is 2. The summed E-state index contributed by atoms with van der Waals surface area (Å²) in [4.78, 5) is 12.1. The molecule has 24 heavy (non-hydrogen) atoms. The van der Waals surface area contributed by atoms with E-state index in [1.165, 1.54) is 0 Å². The monoisotopic (exact) mass is 548 g/mol. The molecule has 0 bridgehead atoms. The highest BCUT2D eigenvalue weighted by molar-refractivity contribution is 14.1. The number of hydrogen-bond donors (Lipinski definition) is 1. The summed E-state index contributed by atoms with van der Waals surface area (Å²) in [5.41, 5.74) is 5.02. The van der Waals surface area contributed by atoms with Crippen LogP contribution in [0.4, 0.5) is 0 Å². The summed E-state index contributed by atoms with van der Waals surface area (Å²) < 4.78 is 7.84. The summed E-state index contributed by atoms with van der Waals surface area (Å²) in [6, 6.07) is 11.4. The lowest BCUT2D eigenvalue weighted by Crippen LogP contribution is -2.18. The number of rotatable bonds is 5. The Morgan fingerprint density at radius 2 is 1.83 bits per heavy atom. The zero-order valence-corrected chi connectivity index (χ0v) is 18.0. The second kappa shape index (κ2) is 8.80. The molecule has 0 aliphatic carbocycles. The Kier molecular flexibility index (Phi) is 7.02. The highest BCUT2D eigenvalue weighted by Gasteiger charge is 2.10. The van der Waals surface area contributed by atoms with Gasteiger partial charge in [-0.05, 0) is 95.3 Å². The van der Waals surface area contributed by atoms with Gasteiger partial charge in [0.25, 0.3) is 5.91 Å². The van der Waals surface area contributed by atoms with Crippen molar-refractivity contribution in [1.82, 2.24) is 5.43 Å². The largest absolute Gasteiger partial charge is 0.489 e. The van der Waals surface area contributed by atoms with Crippen LogP contribution in [-0.2, 0) is 0 Å². The summed E-state index contributed by atoms with van der Waals surface area (Å²) in [5, 5.41) is 4.06. The molecule has 0 heterocycles. The fourth-order valence-corrected chi connectivity index (χ4v) is 4.13. The molecule has 0 fully saturated rings.